The predicted octanol–water partition coefficient (Wildman–Crippen LogP) is 3.83. The van der Waals surface area contributed by atoms with Crippen LogP contribution >= 0.6 is 11.6 Å². The van der Waals surface area contributed by atoms with E-state index in [9.17, 15) is 4.79 Å². The lowest BCUT2D eigenvalue weighted by atomic mass is 10.1. The predicted molar refractivity (Wildman–Crippen MR) is 142 cm³/mol. The van der Waals surface area contributed by atoms with Crippen LogP contribution in [0.3, 0.4) is 0 Å². The van der Waals surface area contributed by atoms with Crippen LogP contribution in [-0.2, 0) is 20.6 Å². The van der Waals surface area contributed by atoms with Gasteiger partial charge in [0.05, 0.1) is 62.8 Å². The Morgan fingerprint density at radius 2 is 1.97 bits per heavy atom. The second-order valence-corrected chi connectivity index (χ2v) is 9.76. The van der Waals surface area contributed by atoms with E-state index in [-0.39, 0.29) is 24.0 Å². The number of pyridine rings is 2. The van der Waals surface area contributed by atoms with Crippen molar-refractivity contribution < 1.29 is 9.18 Å². The van der Waals surface area contributed by atoms with E-state index in [0.717, 1.165) is 18.4 Å². The number of amides is 1. The lowest BCUT2D eigenvalue weighted by molar-refractivity contribution is 0.0723. The Labute approximate surface area is 222 Å². The number of fused-ring (bicyclic) bond motifs is 3. The Morgan fingerprint density at radius 3 is 2.68 bits per heavy atom. The Bertz CT molecular complexity index is 1810. The van der Waals surface area contributed by atoms with Crippen molar-refractivity contribution in [2.24, 2.45) is 14.1 Å². The lowest BCUT2D eigenvalue weighted by Gasteiger charge is -2.23. The SMILES string of the molecule is Cn1cc(C#Cc2cnc(CN(C(=O)c3cc4c(cc3F)nc(N)c3cnn(C)c34)C3CC3)cc2Cl)cn1. The van der Waals surface area contributed by atoms with Gasteiger partial charge in [-0.05, 0) is 25.0 Å². The zero-order chi connectivity index (χ0) is 26.6. The number of nitrogens with two attached hydrogens (primary N) is 1. The molecule has 11 heteroatoms. The summed E-state index contributed by atoms with van der Waals surface area (Å²) in [6, 6.07) is 4.49. The van der Waals surface area contributed by atoms with Crippen molar-refractivity contribution in [2.75, 3.05) is 5.73 Å². The molecule has 9 nitrogen and oxygen atoms in total. The highest BCUT2D eigenvalue weighted by Gasteiger charge is 2.35. The van der Waals surface area contributed by atoms with E-state index < -0.39 is 11.7 Å². The molecule has 4 aromatic heterocycles. The van der Waals surface area contributed by atoms with Gasteiger partial charge in [0.25, 0.3) is 5.91 Å². The number of hydrogen-bond acceptors (Lipinski definition) is 6. The standard InChI is InChI=1S/C27H22ClFN8O/c1-35-13-15(10-32-35)3-4-16-11-31-17(7-22(16)28)14-37(18-5-6-18)27(38)19-8-20-24(9-23(19)29)34-26(30)21-12-33-36(2)25(20)21/h7-13,18H,5-6,14H2,1-2H3,(H2,30,34). The van der Waals surface area contributed by atoms with Crippen molar-refractivity contribution in [3.8, 4) is 11.8 Å². The van der Waals surface area contributed by atoms with Gasteiger partial charge in [0.1, 0.15) is 11.6 Å². The zero-order valence-electron chi connectivity index (χ0n) is 20.6. The molecule has 6 rings (SSSR count). The Kier molecular flexibility index (Phi) is 5.73. The molecule has 2 N–H and O–H groups in total. The third-order valence-electron chi connectivity index (χ3n) is 6.56. The number of aryl methyl sites for hydroxylation is 2. The molecule has 0 aliphatic heterocycles. The quantitative estimate of drug-likeness (QED) is 0.355. The molecule has 0 unspecified atom stereocenters. The minimum atomic E-state index is -0.659. The molecule has 1 saturated carbocycles. The van der Waals surface area contributed by atoms with Crippen LogP contribution in [0.25, 0.3) is 21.8 Å². The average molecular weight is 529 g/mol. The van der Waals surface area contributed by atoms with Crippen LogP contribution in [0.5, 0.6) is 0 Å². The van der Waals surface area contributed by atoms with E-state index in [0.29, 0.717) is 38.1 Å². The highest BCUT2D eigenvalue weighted by Crippen LogP contribution is 2.33. The Morgan fingerprint density at radius 1 is 1.16 bits per heavy atom. The highest BCUT2D eigenvalue weighted by molar-refractivity contribution is 6.31. The number of nitrogens with zero attached hydrogens (tertiary/aromatic N) is 7. The number of halogens is 2. The third-order valence-corrected chi connectivity index (χ3v) is 6.88. The fourth-order valence-corrected chi connectivity index (χ4v) is 4.72. The lowest BCUT2D eigenvalue weighted by Crippen LogP contribution is -2.33. The molecule has 1 aliphatic rings. The molecule has 1 aliphatic carbocycles. The molecule has 38 heavy (non-hydrogen) atoms. The summed E-state index contributed by atoms with van der Waals surface area (Å²) in [6.45, 7) is 0.193. The summed E-state index contributed by atoms with van der Waals surface area (Å²) in [4.78, 5) is 24.1. The van der Waals surface area contributed by atoms with Gasteiger partial charge in [-0.3, -0.25) is 19.1 Å². The average Bonchev–Trinajstić information content (AvgIpc) is 3.52. The number of nitrogen functional groups attached to an aromatic ring is 1. The van der Waals surface area contributed by atoms with Gasteiger partial charge in [0.2, 0.25) is 0 Å². The van der Waals surface area contributed by atoms with Crippen LogP contribution in [0.4, 0.5) is 10.2 Å². The molecular weight excluding hydrogens is 507 g/mol. The van der Waals surface area contributed by atoms with Gasteiger partial charge in [-0.15, -0.1) is 0 Å². The summed E-state index contributed by atoms with van der Waals surface area (Å²) in [5, 5.41) is 10.0. The van der Waals surface area contributed by atoms with E-state index >= 15 is 4.39 Å². The minimum absolute atomic E-state index is 0.00415. The molecule has 0 radical (unpaired) electrons. The first-order chi connectivity index (χ1) is 18.3. The van der Waals surface area contributed by atoms with Crippen LogP contribution in [0, 0.1) is 17.7 Å². The smallest absolute Gasteiger partial charge is 0.257 e. The van der Waals surface area contributed by atoms with Crippen molar-refractivity contribution in [2.45, 2.75) is 25.4 Å². The van der Waals surface area contributed by atoms with Gasteiger partial charge in [-0.25, -0.2) is 9.37 Å². The van der Waals surface area contributed by atoms with Gasteiger partial charge < -0.3 is 10.6 Å². The summed E-state index contributed by atoms with van der Waals surface area (Å²) in [5.74, 6) is 5.19. The van der Waals surface area contributed by atoms with Crippen LogP contribution < -0.4 is 5.73 Å². The maximum Gasteiger partial charge on any atom is 0.257 e. The first-order valence-corrected chi connectivity index (χ1v) is 12.3. The number of anilines is 1. The van der Waals surface area contributed by atoms with Crippen LogP contribution in [0.1, 0.15) is 40.0 Å². The minimum Gasteiger partial charge on any atom is -0.383 e. The molecule has 0 spiro atoms. The monoisotopic (exact) mass is 528 g/mol. The largest absolute Gasteiger partial charge is 0.383 e. The molecule has 4 heterocycles. The maximum atomic E-state index is 15.2. The summed E-state index contributed by atoms with van der Waals surface area (Å²) < 4.78 is 18.6. The van der Waals surface area contributed by atoms with Crippen molar-refractivity contribution >= 4 is 45.1 Å². The fourth-order valence-electron chi connectivity index (χ4n) is 4.50. The maximum absolute atomic E-state index is 15.2. The molecule has 0 saturated heterocycles. The number of carbonyl (C=O) groups is 1. The number of rotatable bonds is 4. The molecule has 0 atom stereocenters. The first-order valence-electron chi connectivity index (χ1n) is 11.9. The topological polar surface area (TPSA) is 108 Å². The first kappa shape index (κ1) is 23.9. The third kappa shape index (κ3) is 4.31. The summed E-state index contributed by atoms with van der Waals surface area (Å²) in [5.41, 5.74) is 8.98. The summed E-state index contributed by atoms with van der Waals surface area (Å²) in [6.07, 6.45) is 8.35. The Balaban J connectivity index is 1.32. The molecule has 1 fully saturated rings. The molecule has 1 amide bonds. The fraction of sp³-hybridized carbons (Fsp3) is 0.222. The van der Waals surface area contributed by atoms with Gasteiger partial charge in [0.15, 0.2) is 0 Å². The molecule has 5 aromatic rings. The molecular formula is C27H22ClFN8O. The van der Waals surface area contributed by atoms with E-state index in [1.807, 2.05) is 7.05 Å². The van der Waals surface area contributed by atoms with Gasteiger partial charge in [-0.1, -0.05) is 23.4 Å². The Hall–Kier alpha value is -4.49. The van der Waals surface area contributed by atoms with Gasteiger partial charge in [0, 0.05) is 44.0 Å². The molecule has 190 valence electrons. The van der Waals surface area contributed by atoms with Crippen molar-refractivity contribution in [3.63, 3.8) is 0 Å². The normalized spacial score (nSPS) is 13.1. The number of aromatic nitrogens is 6. The zero-order valence-corrected chi connectivity index (χ0v) is 21.4. The van der Waals surface area contributed by atoms with E-state index in [1.165, 1.54) is 12.1 Å². The number of hydrogen-bond donors (Lipinski definition) is 1. The van der Waals surface area contributed by atoms with Crippen molar-refractivity contribution in [1.29, 1.82) is 0 Å². The number of carbonyl (C=O) groups excluding carboxylic acids is 1. The van der Waals surface area contributed by atoms with E-state index in [1.54, 1.807) is 52.2 Å². The van der Waals surface area contributed by atoms with Crippen LogP contribution in [0.15, 0.2) is 43.0 Å². The molecule has 1 aromatic carbocycles. The van der Waals surface area contributed by atoms with E-state index in [4.69, 9.17) is 17.3 Å². The van der Waals surface area contributed by atoms with Gasteiger partial charge >= 0.3 is 0 Å². The molecule has 0 bridgehead atoms. The van der Waals surface area contributed by atoms with Crippen LogP contribution in [-0.4, -0.2) is 46.4 Å². The van der Waals surface area contributed by atoms with Crippen LogP contribution in [0.2, 0.25) is 5.02 Å². The highest BCUT2D eigenvalue weighted by atomic mass is 35.5. The second-order valence-electron chi connectivity index (χ2n) is 9.35. The number of benzene rings is 1. The van der Waals surface area contributed by atoms with Crippen molar-refractivity contribution in [1.82, 2.24) is 34.4 Å². The summed E-state index contributed by atoms with van der Waals surface area (Å²) >= 11 is 6.49. The second kappa shape index (κ2) is 9.11. The van der Waals surface area contributed by atoms with Crippen molar-refractivity contribution in [3.05, 3.63) is 76.2 Å². The summed E-state index contributed by atoms with van der Waals surface area (Å²) in [7, 11) is 3.58. The van der Waals surface area contributed by atoms with Gasteiger partial charge in [-0.2, -0.15) is 10.2 Å². The van der Waals surface area contributed by atoms with E-state index in [2.05, 4.69) is 32.0 Å².